The first kappa shape index (κ1) is 36.5. The van der Waals surface area contributed by atoms with Gasteiger partial charge in [0.15, 0.2) is 5.82 Å². The monoisotopic (exact) mass is 732 g/mol. The summed E-state index contributed by atoms with van der Waals surface area (Å²) in [5.74, 6) is 2.90. The number of aromatic nitrogens is 4. The fourth-order valence-electron chi connectivity index (χ4n) is 7.68. The first-order valence-corrected chi connectivity index (χ1v) is 19.4. The normalized spacial score (nSPS) is 19.1. The first-order valence-electron chi connectivity index (χ1n) is 18.5. The zero-order chi connectivity index (χ0) is 37.2. The topological polar surface area (TPSA) is 104 Å². The van der Waals surface area contributed by atoms with Crippen LogP contribution in [0.2, 0.25) is 0 Å². The van der Waals surface area contributed by atoms with Crippen LogP contribution in [0.15, 0.2) is 97.1 Å². The number of carbonyl (C=O) groups excluding carboxylic acids is 1. The van der Waals surface area contributed by atoms with E-state index >= 15 is 0 Å². The molecule has 3 unspecified atom stereocenters. The van der Waals surface area contributed by atoms with Gasteiger partial charge in [-0.25, -0.2) is 4.68 Å². The molecule has 1 amide bonds. The molecular weight excluding hydrogens is 685 g/mol. The molecule has 5 aromatic rings. The van der Waals surface area contributed by atoms with Gasteiger partial charge < -0.3 is 19.1 Å². The fraction of sp³-hybridized carbons (Fsp3) is 0.381. The number of nitrogens with one attached hydrogen (secondary N) is 1. The largest absolute Gasteiger partial charge is 0.494 e. The standard InChI is InChI=1S/C42H48N6O4S/c1-7-28-20-22-29(23-21-28)27-47-38(44-45-46-47)37-41(5,6)53-40-36(39(49)48(37)40)43-42(30-14-11-17-33(24-30)50-8-2,31-15-12-18-34(25-31)51-9-3)32-16-13-19-35(26-32)52-10-4/h11-26,36-37,40,43H,7-10,27H2,1-6H3. The van der Waals surface area contributed by atoms with Crippen LogP contribution in [0.25, 0.3) is 0 Å². The first-order chi connectivity index (χ1) is 25.7. The number of nitrogens with zero attached hydrogens (tertiary/aromatic N) is 5. The van der Waals surface area contributed by atoms with E-state index in [1.165, 1.54) is 5.56 Å². The maximum atomic E-state index is 14.8. The van der Waals surface area contributed by atoms with Gasteiger partial charge in [-0.3, -0.25) is 10.1 Å². The lowest BCUT2D eigenvalue weighted by Gasteiger charge is -2.49. The lowest BCUT2D eigenvalue weighted by molar-refractivity contribution is -0.150. The average Bonchev–Trinajstić information content (AvgIpc) is 3.71. The number of hydrogen-bond acceptors (Lipinski definition) is 9. The number of aryl methyl sites for hydroxylation is 1. The molecule has 3 heterocycles. The minimum absolute atomic E-state index is 0.00723. The van der Waals surface area contributed by atoms with E-state index in [1.54, 1.807) is 11.8 Å². The van der Waals surface area contributed by atoms with Gasteiger partial charge in [-0.1, -0.05) is 67.6 Å². The smallest absolute Gasteiger partial charge is 0.244 e. The molecule has 4 aromatic carbocycles. The zero-order valence-electron chi connectivity index (χ0n) is 31.3. The summed E-state index contributed by atoms with van der Waals surface area (Å²) in [7, 11) is 0. The molecule has 53 heavy (non-hydrogen) atoms. The Kier molecular flexibility index (Phi) is 10.5. The molecule has 10 nitrogen and oxygen atoms in total. The van der Waals surface area contributed by atoms with E-state index in [1.807, 2.05) is 66.8 Å². The third kappa shape index (κ3) is 6.88. The van der Waals surface area contributed by atoms with Gasteiger partial charge in [-0.15, -0.1) is 16.9 Å². The maximum Gasteiger partial charge on any atom is 0.244 e. The summed E-state index contributed by atoms with van der Waals surface area (Å²) in [5, 5.41) is 16.8. The molecule has 0 aliphatic carbocycles. The van der Waals surface area contributed by atoms with E-state index in [-0.39, 0.29) is 22.1 Å². The number of β-lactam (4-membered cyclic amide) rings is 1. The van der Waals surface area contributed by atoms with Crippen molar-refractivity contribution in [2.75, 3.05) is 19.8 Å². The van der Waals surface area contributed by atoms with Gasteiger partial charge in [0.25, 0.3) is 0 Å². The maximum absolute atomic E-state index is 14.8. The second kappa shape index (κ2) is 15.2. The van der Waals surface area contributed by atoms with Crippen molar-refractivity contribution in [3.05, 3.63) is 131 Å². The molecular formula is C42H48N6O4S. The number of hydrogen-bond donors (Lipinski definition) is 1. The highest BCUT2D eigenvalue weighted by Crippen LogP contribution is 2.58. The number of carbonyl (C=O) groups is 1. The number of amides is 1. The number of benzene rings is 4. The number of thioether (sulfide) groups is 1. The fourth-order valence-corrected chi connectivity index (χ4v) is 9.31. The van der Waals surface area contributed by atoms with Crippen LogP contribution in [0.4, 0.5) is 0 Å². The molecule has 0 bridgehead atoms. The van der Waals surface area contributed by atoms with E-state index < -0.39 is 11.6 Å². The minimum atomic E-state index is -1.01. The van der Waals surface area contributed by atoms with Crippen molar-refractivity contribution in [3.63, 3.8) is 0 Å². The molecule has 3 atom stereocenters. The Balaban J connectivity index is 1.31. The number of fused-ring (bicyclic) bond motifs is 1. The van der Waals surface area contributed by atoms with Crippen molar-refractivity contribution >= 4 is 17.7 Å². The van der Waals surface area contributed by atoms with Gasteiger partial charge in [0, 0.05) is 4.75 Å². The number of tetrazole rings is 1. The van der Waals surface area contributed by atoms with Crippen LogP contribution in [0.1, 0.15) is 81.2 Å². The van der Waals surface area contributed by atoms with Gasteiger partial charge in [0.1, 0.15) is 34.7 Å². The summed E-state index contributed by atoms with van der Waals surface area (Å²) >= 11 is 1.78. The lowest BCUT2D eigenvalue weighted by Crippen LogP contribution is -2.70. The Hall–Kier alpha value is -4.87. The molecule has 0 saturated carbocycles. The second-order valence-electron chi connectivity index (χ2n) is 13.9. The Bertz CT molecular complexity index is 1930. The molecule has 0 spiro atoms. The Morgan fingerprint density at radius 1 is 0.755 bits per heavy atom. The summed E-state index contributed by atoms with van der Waals surface area (Å²) in [6.45, 7) is 14.5. The van der Waals surface area contributed by atoms with Crippen LogP contribution in [0.3, 0.4) is 0 Å². The summed E-state index contributed by atoms with van der Waals surface area (Å²) < 4.78 is 19.6. The van der Waals surface area contributed by atoms with Gasteiger partial charge in [0.2, 0.25) is 5.91 Å². The van der Waals surface area contributed by atoms with Gasteiger partial charge in [-0.05, 0) is 116 Å². The van der Waals surface area contributed by atoms with E-state index in [4.69, 9.17) is 14.2 Å². The second-order valence-corrected chi connectivity index (χ2v) is 15.7. The predicted molar refractivity (Wildman–Crippen MR) is 207 cm³/mol. The molecule has 2 saturated heterocycles. The molecule has 1 N–H and O–H groups in total. The van der Waals surface area contributed by atoms with Gasteiger partial charge >= 0.3 is 0 Å². The van der Waals surface area contributed by atoms with Crippen molar-refractivity contribution < 1.29 is 19.0 Å². The van der Waals surface area contributed by atoms with Crippen LogP contribution >= 0.6 is 11.8 Å². The van der Waals surface area contributed by atoms with Crippen molar-refractivity contribution in [3.8, 4) is 17.2 Å². The quantitative estimate of drug-likeness (QED) is 0.0887. The molecule has 11 heteroatoms. The van der Waals surface area contributed by atoms with Crippen molar-refractivity contribution in [1.82, 2.24) is 30.4 Å². The average molecular weight is 733 g/mol. The van der Waals surface area contributed by atoms with Crippen molar-refractivity contribution in [2.24, 2.45) is 0 Å². The van der Waals surface area contributed by atoms with Crippen molar-refractivity contribution in [2.45, 2.75) is 82.3 Å². The third-order valence-corrected chi connectivity index (χ3v) is 11.7. The minimum Gasteiger partial charge on any atom is -0.494 e. The van der Waals surface area contributed by atoms with E-state index in [9.17, 15) is 4.79 Å². The Morgan fingerprint density at radius 3 is 1.75 bits per heavy atom. The third-order valence-electron chi connectivity index (χ3n) is 10.1. The molecule has 0 radical (unpaired) electrons. The van der Waals surface area contributed by atoms with E-state index in [0.29, 0.717) is 32.2 Å². The van der Waals surface area contributed by atoms with Crippen LogP contribution in [-0.4, -0.2) is 67.0 Å². The Labute approximate surface area is 316 Å². The van der Waals surface area contributed by atoms with Gasteiger partial charge in [-0.2, -0.15) is 0 Å². The summed E-state index contributed by atoms with van der Waals surface area (Å²) in [4.78, 5) is 16.7. The van der Waals surface area contributed by atoms with Gasteiger partial charge in [0.05, 0.1) is 31.9 Å². The van der Waals surface area contributed by atoms with Crippen LogP contribution in [-0.2, 0) is 23.3 Å². The predicted octanol–water partition coefficient (Wildman–Crippen LogP) is 7.17. The molecule has 2 aliphatic heterocycles. The number of ether oxygens (including phenoxy) is 3. The molecule has 276 valence electrons. The highest BCUT2D eigenvalue weighted by atomic mass is 32.2. The van der Waals surface area contributed by atoms with Crippen LogP contribution < -0.4 is 19.5 Å². The highest BCUT2D eigenvalue weighted by molar-refractivity contribution is 8.01. The zero-order valence-corrected chi connectivity index (χ0v) is 32.1. The van der Waals surface area contributed by atoms with Crippen molar-refractivity contribution in [1.29, 1.82) is 0 Å². The van der Waals surface area contributed by atoms with E-state index in [2.05, 4.69) is 102 Å². The molecule has 1 aromatic heterocycles. The SMILES string of the molecule is CCOc1cccc(C(NC2C(=O)N3C2SC(C)(C)C3c2nnnn2Cc2ccc(CC)cc2)(c2cccc(OCC)c2)c2cccc(OCC)c2)c1. The van der Waals surface area contributed by atoms with Crippen LogP contribution in [0, 0.1) is 0 Å². The Morgan fingerprint density at radius 2 is 1.26 bits per heavy atom. The summed E-state index contributed by atoms with van der Waals surface area (Å²) in [6.07, 6.45) is 0.979. The highest BCUT2D eigenvalue weighted by Gasteiger charge is 2.64. The summed E-state index contributed by atoms with van der Waals surface area (Å²) in [5.41, 5.74) is 4.15. The molecule has 2 aliphatic rings. The summed E-state index contributed by atoms with van der Waals surface area (Å²) in [6, 6.07) is 32.0. The molecule has 7 rings (SSSR count). The number of rotatable bonds is 15. The van der Waals surface area contributed by atoms with E-state index in [0.717, 1.165) is 45.9 Å². The van der Waals surface area contributed by atoms with Crippen LogP contribution in [0.5, 0.6) is 17.2 Å². The lowest BCUT2D eigenvalue weighted by atomic mass is 9.75. The molecule has 2 fully saturated rings.